The summed E-state index contributed by atoms with van der Waals surface area (Å²) in [6, 6.07) is 17.5. The maximum absolute atomic E-state index is 11.7. The Kier molecular flexibility index (Phi) is 12.6. The van der Waals surface area contributed by atoms with Gasteiger partial charge in [0.05, 0.1) is 13.2 Å². The lowest BCUT2D eigenvalue weighted by Gasteiger charge is -2.18. The van der Waals surface area contributed by atoms with E-state index in [1.54, 1.807) is 14.1 Å². The lowest BCUT2D eigenvalue weighted by Crippen LogP contribution is -2.39. The maximum atomic E-state index is 11.7. The molecule has 170 valence electrons. The van der Waals surface area contributed by atoms with Crippen LogP contribution in [0.5, 0.6) is 5.75 Å². The quantitative estimate of drug-likeness (QED) is 0.245. The number of aliphatic imine (C=N–C) groups is 1. The molecule has 1 amide bonds. The lowest BCUT2D eigenvalue weighted by atomic mass is 10.0. The highest BCUT2D eigenvalue weighted by atomic mass is 127. The summed E-state index contributed by atoms with van der Waals surface area (Å²) in [7, 11) is 3.40. The van der Waals surface area contributed by atoms with Gasteiger partial charge in [-0.05, 0) is 30.2 Å². The molecule has 1 atom stereocenters. The molecule has 3 N–H and O–H groups in total. The van der Waals surface area contributed by atoms with Crippen molar-refractivity contribution in [2.24, 2.45) is 4.99 Å². The topological polar surface area (TPSA) is 86.2 Å². The van der Waals surface area contributed by atoms with Gasteiger partial charge in [-0.3, -0.25) is 4.79 Å². The van der Waals surface area contributed by atoms with E-state index < -0.39 is 0 Å². The number of carbonyl (C=O) groups excluding carboxylic acids is 1. The number of guanidine groups is 1. The second-order valence-electron chi connectivity index (χ2n) is 7.09. The molecule has 31 heavy (non-hydrogen) atoms. The molecule has 0 spiro atoms. The molecule has 0 aromatic heterocycles. The first-order chi connectivity index (χ1) is 14.5. The van der Waals surface area contributed by atoms with Crippen LogP contribution in [-0.2, 0) is 11.3 Å². The molecule has 7 nitrogen and oxygen atoms in total. The number of likely N-dealkylation sites (N-methyl/N-ethyl adjacent to an activating group) is 1. The van der Waals surface area contributed by atoms with Gasteiger partial charge in [-0.25, -0.2) is 4.99 Å². The van der Waals surface area contributed by atoms with Gasteiger partial charge in [0.2, 0.25) is 0 Å². The number of nitrogens with zero attached hydrogens (tertiary/aromatic N) is 2. The fraction of sp³-hybridized carbons (Fsp3) is 0.391. The number of aliphatic hydroxyl groups excluding tert-OH is 1. The van der Waals surface area contributed by atoms with Crippen LogP contribution in [-0.4, -0.2) is 62.3 Å². The van der Waals surface area contributed by atoms with E-state index in [0.717, 1.165) is 17.7 Å². The fourth-order valence-electron chi connectivity index (χ4n) is 2.75. The average molecular weight is 540 g/mol. The number of rotatable bonds is 10. The van der Waals surface area contributed by atoms with Gasteiger partial charge in [0.15, 0.2) is 12.6 Å². The SMILES string of the molecule is CCNC(=NCc1cccc(OCC(=O)N(C)C)c1)NCC(CO)c1ccccc1.I. The van der Waals surface area contributed by atoms with Gasteiger partial charge in [0.25, 0.3) is 5.91 Å². The number of amides is 1. The van der Waals surface area contributed by atoms with Crippen molar-refractivity contribution in [3.63, 3.8) is 0 Å². The highest BCUT2D eigenvalue weighted by molar-refractivity contribution is 14.0. The third-order valence-electron chi connectivity index (χ3n) is 4.53. The van der Waals surface area contributed by atoms with Crippen molar-refractivity contribution in [1.82, 2.24) is 15.5 Å². The first-order valence-corrected chi connectivity index (χ1v) is 10.1. The summed E-state index contributed by atoms with van der Waals surface area (Å²) >= 11 is 0. The molecule has 0 saturated heterocycles. The molecule has 0 heterocycles. The molecular weight excluding hydrogens is 507 g/mol. The van der Waals surface area contributed by atoms with Crippen LogP contribution < -0.4 is 15.4 Å². The molecule has 2 aromatic carbocycles. The molecule has 0 aliphatic carbocycles. The summed E-state index contributed by atoms with van der Waals surface area (Å²) in [4.78, 5) is 17.8. The normalized spacial score (nSPS) is 11.8. The molecule has 0 fully saturated rings. The van der Waals surface area contributed by atoms with Gasteiger partial charge < -0.3 is 25.4 Å². The van der Waals surface area contributed by atoms with Gasteiger partial charge in [0.1, 0.15) is 5.75 Å². The molecule has 0 bridgehead atoms. The maximum Gasteiger partial charge on any atom is 0.259 e. The number of ether oxygens (including phenoxy) is 1. The van der Waals surface area contributed by atoms with E-state index in [1.165, 1.54) is 4.90 Å². The van der Waals surface area contributed by atoms with E-state index in [2.05, 4.69) is 15.6 Å². The molecular formula is C23H33IN4O3. The van der Waals surface area contributed by atoms with Crippen molar-refractivity contribution in [2.45, 2.75) is 19.4 Å². The summed E-state index contributed by atoms with van der Waals surface area (Å²) in [5.41, 5.74) is 2.06. The summed E-state index contributed by atoms with van der Waals surface area (Å²) in [6.45, 7) is 3.84. The molecule has 2 rings (SSSR count). The van der Waals surface area contributed by atoms with E-state index in [0.29, 0.717) is 24.8 Å². The molecule has 8 heteroatoms. The monoisotopic (exact) mass is 540 g/mol. The van der Waals surface area contributed by atoms with Crippen molar-refractivity contribution >= 4 is 35.8 Å². The third kappa shape index (κ3) is 9.56. The van der Waals surface area contributed by atoms with Crippen LogP contribution >= 0.6 is 24.0 Å². The number of hydrogen-bond acceptors (Lipinski definition) is 4. The zero-order valence-corrected chi connectivity index (χ0v) is 20.7. The zero-order chi connectivity index (χ0) is 21.8. The molecule has 0 aliphatic heterocycles. The van der Waals surface area contributed by atoms with Crippen molar-refractivity contribution in [1.29, 1.82) is 0 Å². The van der Waals surface area contributed by atoms with Crippen LogP contribution in [0.3, 0.4) is 0 Å². The van der Waals surface area contributed by atoms with Gasteiger partial charge >= 0.3 is 0 Å². The highest BCUT2D eigenvalue weighted by Gasteiger charge is 2.11. The Morgan fingerprint density at radius 2 is 1.87 bits per heavy atom. The van der Waals surface area contributed by atoms with E-state index in [-0.39, 0.29) is 49.0 Å². The Labute approximate surface area is 201 Å². The minimum Gasteiger partial charge on any atom is -0.484 e. The van der Waals surface area contributed by atoms with Gasteiger partial charge in [-0.1, -0.05) is 42.5 Å². The number of carbonyl (C=O) groups is 1. The number of halogens is 1. The standard InChI is InChI=1S/C23H32N4O3.HI/c1-4-24-23(26-15-20(16-28)19-10-6-5-7-11-19)25-14-18-9-8-12-21(13-18)30-17-22(29)27(2)3;/h5-13,20,28H,4,14-17H2,1-3H3,(H2,24,25,26);1H. The second-order valence-corrected chi connectivity index (χ2v) is 7.09. The number of benzene rings is 2. The smallest absolute Gasteiger partial charge is 0.259 e. The Hall–Kier alpha value is -2.33. The van der Waals surface area contributed by atoms with Crippen LogP contribution in [0.15, 0.2) is 59.6 Å². The first kappa shape index (κ1) is 26.7. The Bertz CT molecular complexity index is 815. The van der Waals surface area contributed by atoms with E-state index in [9.17, 15) is 9.90 Å². The molecule has 0 aliphatic rings. The Morgan fingerprint density at radius 1 is 1.13 bits per heavy atom. The van der Waals surface area contributed by atoms with Crippen LogP contribution in [0.25, 0.3) is 0 Å². The van der Waals surface area contributed by atoms with Crippen molar-refractivity contribution in [3.05, 3.63) is 65.7 Å². The van der Waals surface area contributed by atoms with Gasteiger partial charge in [0, 0.05) is 33.1 Å². The predicted molar refractivity (Wildman–Crippen MR) is 135 cm³/mol. The minimum atomic E-state index is -0.0890. The summed E-state index contributed by atoms with van der Waals surface area (Å²) in [6.07, 6.45) is 0. The lowest BCUT2D eigenvalue weighted by molar-refractivity contribution is -0.130. The third-order valence-corrected chi connectivity index (χ3v) is 4.53. The van der Waals surface area contributed by atoms with Crippen LogP contribution in [0.4, 0.5) is 0 Å². The van der Waals surface area contributed by atoms with Crippen LogP contribution in [0, 0.1) is 0 Å². The van der Waals surface area contributed by atoms with Crippen LogP contribution in [0.1, 0.15) is 24.0 Å². The molecule has 0 radical (unpaired) electrons. The average Bonchev–Trinajstić information content (AvgIpc) is 2.77. The highest BCUT2D eigenvalue weighted by Crippen LogP contribution is 2.15. The minimum absolute atomic E-state index is 0. The predicted octanol–water partition coefficient (Wildman–Crippen LogP) is 2.60. The number of hydrogen-bond donors (Lipinski definition) is 3. The largest absolute Gasteiger partial charge is 0.484 e. The first-order valence-electron chi connectivity index (χ1n) is 10.1. The molecule has 2 aromatic rings. The zero-order valence-electron chi connectivity index (χ0n) is 18.4. The van der Waals surface area contributed by atoms with Gasteiger partial charge in [-0.2, -0.15) is 0 Å². The molecule has 0 saturated carbocycles. The van der Waals surface area contributed by atoms with Crippen molar-refractivity contribution in [3.8, 4) is 5.75 Å². The van der Waals surface area contributed by atoms with Crippen LogP contribution in [0.2, 0.25) is 0 Å². The number of nitrogens with one attached hydrogen (secondary N) is 2. The fourth-order valence-corrected chi connectivity index (χ4v) is 2.75. The summed E-state index contributed by atoms with van der Waals surface area (Å²) in [5, 5.41) is 16.3. The Balaban J connectivity index is 0.00000480. The van der Waals surface area contributed by atoms with Crippen molar-refractivity contribution in [2.75, 3.05) is 40.4 Å². The van der Waals surface area contributed by atoms with E-state index in [1.807, 2.05) is 61.5 Å². The molecule has 1 unspecified atom stereocenters. The summed E-state index contributed by atoms with van der Waals surface area (Å²) in [5.74, 6) is 1.22. The summed E-state index contributed by atoms with van der Waals surface area (Å²) < 4.78 is 5.57. The number of aliphatic hydroxyl groups is 1. The second kappa shape index (κ2) is 14.6. The van der Waals surface area contributed by atoms with Crippen molar-refractivity contribution < 1.29 is 14.6 Å². The Morgan fingerprint density at radius 3 is 2.52 bits per heavy atom. The van der Waals surface area contributed by atoms with E-state index in [4.69, 9.17) is 4.74 Å². The van der Waals surface area contributed by atoms with Gasteiger partial charge in [-0.15, -0.1) is 24.0 Å². The van der Waals surface area contributed by atoms with E-state index >= 15 is 0 Å².